The highest BCUT2D eigenvalue weighted by atomic mass is 79.9. The van der Waals surface area contributed by atoms with Gasteiger partial charge in [-0.15, -0.1) is 0 Å². The van der Waals surface area contributed by atoms with Gasteiger partial charge in [0.25, 0.3) is 5.91 Å². The molecule has 1 heterocycles. The van der Waals surface area contributed by atoms with Crippen molar-refractivity contribution in [1.82, 2.24) is 5.16 Å². The number of anilines is 1. The van der Waals surface area contributed by atoms with E-state index in [1.54, 1.807) is 0 Å². The van der Waals surface area contributed by atoms with Crippen LogP contribution >= 0.6 is 15.9 Å². The molecule has 122 valence electrons. The maximum atomic E-state index is 12.5. The second-order valence-corrected chi connectivity index (χ2v) is 8.12. The van der Waals surface area contributed by atoms with Gasteiger partial charge in [-0.25, -0.2) is 0 Å². The Labute approximate surface area is 144 Å². The largest absolute Gasteiger partial charge is 0.360 e. The van der Waals surface area contributed by atoms with Crippen molar-refractivity contribution in [3.05, 3.63) is 45.8 Å². The summed E-state index contributed by atoms with van der Waals surface area (Å²) < 4.78 is 6.38. The van der Waals surface area contributed by atoms with Gasteiger partial charge in [0.2, 0.25) is 0 Å². The van der Waals surface area contributed by atoms with Gasteiger partial charge >= 0.3 is 0 Å². The Morgan fingerprint density at radius 1 is 1.30 bits per heavy atom. The quantitative estimate of drug-likeness (QED) is 0.815. The van der Waals surface area contributed by atoms with Gasteiger partial charge in [0.1, 0.15) is 5.76 Å². The molecule has 0 fully saturated rings. The molecule has 1 amide bonds. The second-order valence-electron chi connectivity index (χ2n) is 7.20. The molecule has 2 aromatic rings. The van der Waals surface area contributed by atoms with Crippen LogP contribution in [0.25, 0.3) is 0 Å². The average Bonchev–Trinajstić information content (AvgIpc) is 2.92. The van der Waals surface area contributed by atoms with Gasteiger partial charge in [0.15, 0.2) is 5.69 Å². The predicted octanol–water partition coefficient (Wildman–Crippen LogP) is 4.84. The monoisotopic (exact) mass is 376 g/mol. The minimum Gasteiger partial charge on any atom is -0.360 e. The lowest BCUT2D eigenvalue weighted by Gasteiger charge is -2.33. The average molecular weight is 377 g/mol. The molecule has 1 aliphatic carbocycles. The molecule has 0 bridgehead atoms. The van der Waals surface area contributed by atoms with E-state index in [1.165, 1.54) is 0 Å². The van der Waals surface area contributed by atoms with Gasteiger partial charge in [-0.05, 0) is 48.4 Å². The number of amides is 1. The Kier molecular flexibility index (Phi) is 4.32. The molecule has 1 atom stereocenters. The molecule has 0 aliphatic heterocycles. The van der Waals surface area contributed by atoms with Crippen LogP contribution in [0.5, 0.6) is 0 Å². The summed E-state index contributed by atoms with van der Waals surface area (Å²) in [4.78, 5) is 12.5. The lowest BCUT2D eigenvalue weighted by molar-refractivity contribution is 0.101. The third-order valence-electron chi connectivity index (χ3n) is 4.58. The third-order valence-corrected chi connectivity index (χ3v) is 5.11. The number of aryl methyl sites for hydroxylation is 1. The lowest BCUT2D eigenvalue weighted by Crippen LogP contribution is -2.27. The van der Waals surface area contributed by atoms with Gasteiger partial charge in [-0.3, -0.25) is 4.79 Å². The molecule has 4 nitrogen and oxygen atoms in total. The number of rotatable bonds is 2. The summed E-state index contributed by atoms with van der Waals surface area (Å²) in [5.41, 5.74) is 2.37. The summed E-state index contributed by atoms with van der Waals surface area (Å²) >= 11 is 3.38. The third kappa shape index (κ3) is 3.50. The number of halogens is 1. The van der Waals surface area contributed by atoms with Gasteiger partial charge in [0.05, 0.1) is 0 Å². The van der Waals surface area contributed by atoms with Crippen LogP contribution in [0.4, 0.5) is 5.69 Å². The molecular formula is C18H21BrN2O2. The summed E-state index contributed by atoms with van der Waals surface area (Å²) in [6.07, 6.45) is 2.79. The highest BCUT2D eigenvalue weighted by Crippen LogP contribution is 2.38. The number of benzene rings is 1. The Morgan fingerprint density at radius 3 is 2.65 bits per heavy atom. The standard InChI is InChI=1S/C18H21BrN2O2/c1-18(2,3)11-4-9-15-14(10-11)16(21-23-15)17(22)20-13-7-5-12(19)6-8-13/h5-8,11H,4,9-10H2,1-3H3,(H,20,22)/t11-/m1/s1. The summed E-state index contributed by atoms with van der Waals surface area (Å²) in [7, 11) is 0. The molecule has 1 aliphatic rings. The zero-order chi connectivity index (χ0) is 16.6. The smallest absolute Gasteiger partial charge is 0.278 e. The van der Waals surface area contributed by atoms with Crippen molar-refractivity contribution in [2.24, 2.45) is 11.3 Å². The minimum absolute atomic E-state index is 0.202. The number of hydrogen-bond donors (Lipinski definition) is 1. The van der Waals surface area contributed by atoms with Crippen molar-refractivity contribution in [2.75, 3.05) is 5.32 Å². The Morgan fingerprint density at radius 2 is 2.00 bits per heavy atom. The van der Waals surface area contributed by atoms with E-state index in [-0.39, 0.29) is 11.3 Å². The molecule has 0 saturated carbocycles. The highest BCUT2D eigenvalue weighted by Gasteiger charge is 2.34. The fourth-order valence-electron chi connectivity index (χ4n) is 3.05. The van der Waals surface area contributed by atoms with Crippen molar-refractivity contribution in [3.8, 4) is 0 Å². The first-order valence-electron chi connectivity index (χ1n) is 7.89. The molecule has 1 N–H and O–H groups in total. The number of aromatic nitrogens is 1. The molecule has 1 aromatic heterocycles. The Hall–Kier alpha value is -1.62. The van der Waals surface area contributed by atoms with E-state index in [1.807, 2.05) is 24.3 Å². The van der Waals surface area contributed by atoms with Crippen LogP contribution in [0.15, 0.2) is 33.3 Å². The molecule has 1 aromatic carbocycles. The number of hydrogen-bond acceptors (Lipinski definition) is 3. The molecule has 0 unspecified atom stereocenters. The summed E-state index contributed by atoms with van der Waals surface area (Å²) in [5.74, 6) is 1.20. The molecule has 0 spiro atoms. The topological polar surface area (TPSA) is 55.1 Å². The van der Waals surface area contributed by atoms with Crippen LogP contribution in [0.1, 0.15) is 49.0 Å². The van der Waals surface area contributed by atoms with Crippen molar-refractivity contribution < 1.29 is 9.32 Å². The van der Waals surface area contributed by atoms with Crippen molar-refractivity contribution >= 4 is 27.5 Å². The second kappa shape index (κ2) is 6.11. The molecule has 5 heteroatoms. The summed E-state index contributed by atoms with van der Waals surface area (Å²) in [6.45, 7) is 6.74. The number of nitrogens with zero attached hydrogens (tertiary/aromatic N) is 1. The van der Waals surface area contributed by atoms with E-state index < -0.39 is 0 Å². The maximum Gasteiger partial charge on any atom is 0.278 e. The van der Waals surface area contributed by atoms with Crippen LogP contribution in [0.2, 0.25) is 0 Å². The van der Waals surface area contributed by atoms with Gasteiger partial charge in [-0.1, -0.05) is 41.9 Å². The molecule has 0 radical (unpaired) electrons. The van der Waals surface area contributed by atoms with Gasteiger partial charge < -0.3 is 9.84 Å². The first-order valence-corrected chi connectivity index (χ1v) is 8.68. The Bertz CT molecular complexity index is 714. The van der Waals surface area contributed by atoms with Crippen LogP contribution in [0, 0.1) is 11.3 Å². The van der Waals surface area contributed by atoms with E-state index in [4.69, 9.17) is 4.52 Å². The van der Waals surface area contributed by atoms with Crippen molar-refractivity contribution in [1.29, 1.82) is 0 Å². The molecule has 0 saturated heterocycles. The molecule has 23 heavy (non-hydrogen) atoms. The maximum absolute atomic E-state index is 12.5. The van der Waals surface area contributed by atoms with E-state index >= 15 is 0 Å². The minimum atomic E-state index is -0.202. The summed E-state index contributed by atoms with van der Waals surface area (Å²) in [6, 6.07) is 7.49. The Balaban J connectivity index is 1.80. The van der Waals surface area contributed by atoms with Crippen molar-refractivity contribution in [2.45, 2.75) is 40.0 Å². The van der Waals surface area contributed by atoms with Gasteiger partial charge in [-0.2, -0.15) is 0 Å². The van der Waals surface area contributed by atoms with Crippen molar-refractivity contribution in [3.63, 3.8) is 0 Å². The van der Waals surface area contributed by atoms with E-state index in [0.29, 0.717) is 11.6 Å². The SMILES string of the molecule is CC(C)(C)[C@@H]1CCc2onc(C(=O)Nc3ccc(Br)cc3)c2C1. The number of carbonyl (C=O) groups excluding carboxylic acids is 1. The fourth-order valence-corrected chi connectivity index (χ4v) is 3.31. The first kappa shape index (κ1) is 16.2. The van der Waals surface area contributed by atoms with E-state index in [9.17, 15) is 4.79 Å². The zero-order valence-electron chi connectivity index (χ0n) is 13.6. The van der Waals surface area contributed by atoms with Crippen LogP contribution in [-0.4, -0.2) is 11.1 Å². The summed E-state index contributed by atoms with van der Waals surface area (Å²) in [5, 5.41) is 6.92. The lowest BCUT2D eigenvalue weighted by atomic mass is 9.71. The van der Waals surface area contributed by atoms with Gasteiger partial charge in [0, 0.05) is 22.1 Å². The first-order chi connectivity index (χ1) is 10.8. The fraction of sp³-hybridized carbons (Fsp3) is 0.444. The number of carbonyl (C=O) groups is 1. The zero-order valence-corrected chi connectivity index (χ0v) is 15.2. The normalized spacial score (nSPS) is 17.7. The van der Waals surface area contributed by atoms with E-state index in [2.05, 4.69) is 47.2 Å². The number of fused-ring (bicyclic) bond motifs is 1. The van der Waals surface area contributed by atoms with Crippen LogP contribution in [0.3, 0.4) is 0 Å². The molecule has 3 rings (SSSR count). The predicted molar refractivity (Wildman–Crippen MR) is 93.6 cm³/mol. The highest BCUT2D eigenvalue weighted by molar-refractivity contribution is 9.10. The van der Waals surface area contributed by atoms with E-state index in [0.717, 1.165) is 40.7 Å². The van der Waals surface area contributed by atoms with Crippen LogP contribution in [-0.2, 0) is 12.8 Å². The molecular weight excluding hydrogens is 356 g/mol. The van der Waals surface area contributed by atoms with Crippen LogP contribution < -0.4 is 5.32 Å². The number of nitrogens with one attached hydrogen (secondary N) is 1.